The third-order valence-electron chi connectivity index (χ3n) is 1.38. The largest absolute Gasteiger partial charge is 1.00 e. The van der Waals surface area contributed by atoms with E-state index in [1.165, 1.54) is 0 Å². The Morgan fingerprint density at radius 3 is 2.31 bits per heavy atom. The summed E-state index contributed by atoms with van der Waals surface area (Å²) in [5.41, 5.74) is 0. The van der Waals surface area contributed by atoms with Crippen LogP contribution in [0, 0.1) is 0 Å². The smallest absolute Gasteiger partial charge is 0.768 e. The van der Waals surface area contributed by atoms with Gasteiger partial charge in [-0.2, -0.15) is 8.78 Å². The molecule has 1 rings (SSSR count). The molecule has 1 aromatic carbocycles. The Hall–Kier alpha value is 0.167. The Balaban J connectivity index is 0.00000225. The van der Waals surface area contributed by atoms with Crippen molar-refractivity contribution in [3.05, 3.63) is 22.2 Å². The first-order chi connectivity index (χ1) is 6.91. The van der Waals surface area contributed by atoms with Gasteiger partial charge in [0.1, 0.15) is 5.75 Å². The summed E-state index contributed by atoms with van der Waals surface area (Å²) in [6, 6.07) is 1.85. The number of hydrogen-bond donors (Lipinski definition) is 0. The summed E-state index contributed by atoms with van der Waals surface area (Å²) in [7, 11) is 0. The summed E-state index contributed by atoms with van der Waals surface area (Å²) >= 11 is 8.42. The first kappa shape index (κ1) is 16.2. The van der Waals surface area contributed by atoms with Gasteiger partial charge in [0.15, 0.2) is 0 Å². The van der Waals surface area contributed by atoms with Crippen LogP contribution in [0.15, 0.2) is 17.0 Å². The molecule has 0 aromatic heterocycles. The van der Waals surface area contributed by atoms with Gasteiger partial charge in [0.2, 0.25) is 0 Å². The fraction of sp³-hybridized carbons (Fsp3) is 0.143. The molecule has 84 valence electrons. The fourth-order valence-corrected chi connectivity index (χ4v) is 1.87. The first-order valence-electron chi connectivity index (χ1n) is 3.45. The van der Waals surface area contributed by atoms with Crippen molar-refractivity contribution < 1.29 is 41.1 Å². The van der Waals surface area contributed by atoms with Crippen LogP contribution >= 0.6 is 23.2 Å². The predicted molar refractivity (Wildman–Crippen MR) is 50.3 cm³/mol. The summed E-state index contributed by atoms with van der Waals surface area (Å²) in [5, 5.41) is -0.484. The average Bonchev–Trinajstić information content (AvgIpc) is 2.09. The van der Waals surface area contributed by atoms with E-state index in [4.69, 9.17) is 23.2 Å². The summed E-state index contributed by atoms with van der Waals surface area (Å²) in [4.78, 5) is -0.275. The Morgan fingerprint density at radius 2 is 1.88 bits per heavy atom. The zero-order valence-electron chi connectivity index (χ0n) is 7.88. The van der Waals surface area contributed by atoms with Crippen molar-refractivity contribution in [3.8, 4) is 5.75 Å². The minimum atomic E-state index is -3.05. The van der Waals surface area contributed by atoms with Crippen molar-refractivity contribution >= 4 is 34.3 Å². The molecule has 0 saturated heterocycles. The number of halogens is 4. The monoisotopic (exact) mass is 282 g/mol. The van der Waals surface area contributed by atoms with E-state index < -0.39 is 17.7 Å². The molecule has 0 bridgehead atoms. The molecular formula is C7H3Cl2F2LiO3S. The molecule has 9 heteroatoms. The van der Waals surface area contributed by atoms with E-state index >= 15 is 0 Å². The molecule has 0 heterocycles. The van der Waals surface area contributed by atoms with Crippen LogP contribution in [0.3, 0.4) is 0 Å². The molecule has 0 saturated carbocycles. The number of benzene rings is 1. The van der Waals surface area contributed by atoms with Crippen molar-refractivity contribution in [3.63, 3.8) is 0 Å². The Labute approximate surface area is 115 Å². The molecule has 16 heavy (non-hydrogen) atoms. The van der Waals surface area contributed by atoms with Crippen LogP contribution in [0.5, 0.6) is 5.75 Å². The average molecular weight is 283 g/mol. The third-order valence-corrected chi connectivity index (χ3v) is 2.80. The first-order valence-corrected chi connectivity index (χ1v) is 5.28. The minimum Gasteiger partial charge on any atom is -0.768 e. The maximum absolute atomic E-state index is 11.8. The molecule has 1 aromatic rings. The van der Waals surface area contributed by atoms with Crippen LogP contribution in [-0.4, -0.2) is 15.4 Å². The van der Waals surface area contributed by atoms with Crippen LogP contribution in [-0.2, 0) is 11.1 Å². The molecule has 1 atom stereocenters. The molecule has 1 unspecified atom stereocenters. The van der Waals surface area contributed by atoms with Gasteiger partial charge in [0.25, 0.3) is 0 Å². The summed E-state index contributed by atoms with van der Waals surface area (Å²) in [6.45, 7) is -3.05. The van der Waals surface area contributed by atoms with Crippen LogP contribution in [0.2, 0.25) is 10.0 Å². The van der Waals surface area contributed by atoms with E-state index in [0.29, 0.717) is 0 Å². The SMILES string of the molecule is O=S([O-])c1cc(Cl)c(OC(F)F)cc1Cl.[Li+]. The van der Waals surface area contributed by atoms with Gasteiger partial charge in [-0.1, -0.05) is 23.2 Å². The van der Waals surface area contributed by atoms with Crippen molar-refractivity contribution in [1.29, 1.82) is 0 Å². The predicted octanol–water partition coefficient (Wildman–Crippen LogP) is -0.163. The molecule has 0 N–H and O–H groups in total. The topological polar surface area (TPSA) is 49.4 Å². The number of hydrogen-bond acceptors (Lipinski definition) is 3. The normalized spacial score (nSPS) is 12.1. The Bertz CT molecular complexity index is 405. The molecule has 0 fully saturated rings. The molecule has 0 aliphatic rings. The van der Waals surface area contributed by atoms with E-state index in [1.54, 1.807) is 0 Å². The second kappa shape index (κ2) is 6.79. The van der Waals surface area contributed by atoms with Crippen molar-refractivity contribution in [2.45, 2.75) is 11.5 Å². The van der Waals surface area contributed by atoms with Gasteiger partial charge in [0.05, 0.1) is 10.0 Å². The zero-order chi connectivity index (χ0) is 11.6. The number of alkyl halides is 2. The molecule has 0 aliphatic carbocycles. The van der Waals surface area contributed by atoms with Gasteiger partial charge in [-0.3, -0.25) is 4.21 Å². The van der Waals surface area contributed by atoms with Crippen molar-refractivity contribution in [1.82, 2.24) is 0 Å². The minimum absolute atomic E-state index is 0. The van der Waals surface area contributed by atoms with Gasteiger partial charge < -0.3 is 9.29 Å². The van der Waals surface area contributed by atoms with Gasteiger partial charge in [-0.25, -0.2) is 0 Å². The zero-order valence-corrected chi connectivity index (χ0v) is 10.2. The standard InChI is InChI=1S/C7H4Cl2F2O3S.Li/c8-3-2-6(15(12)13)4(9)1-5(3)14-7(10)11;/h1-2,7H,(H,12,13);/q;+1/p-1. The quantitative estimate of drug-likeness (QED) is 0.572. The Kier molecular flexibility index (Phi) is 6.87. The second-order valence-electron chi connectivity index (χ2n) is 2.33. The fourth-order valence-electron chi connectivity index (χ4n) is 0.824. The van der Waals surface area contributed by atoms with Gasteiger partial charge in [-0.05, 0) is 17.1 Å². The molecule has 0 spiro atoms. The summed E-state index contributed by atoms with van der Waals surface area (Å²) < 4.78 is 48.9. The van der Waals surface area contributed by atoms with Crippen LogP contribution < -0.4 is 23.6 Å². The van der Waals surface area contributed by atoms with Gasteiger partial charge >= 0.3 is 25.5 Å². The summed E-state index contributed by atoms with van der Waals surface area (Å²) in [5.74, 6) is -0.370. The van der Waals surface area contributed by atoms with E-state index in [1.807, 2.05) is 0 Å². The molecule has 3 nitrogen and oxygen atoms in total. The molecular weight excluding hydrogens is 280 g/mol. The van der Waals surface area contributed by atoms with Crippen molar-refractivity contribution in [2.75, 3.05) is 0 Å². The van der Waals surface area contributed by atoms with Crippen LogP contribution in [0.1, 0.15) is 0 Å². The summed E-state index contributed by atoms with van der Waals surface area (Å²) in [6.07, 6.45) is 0. The van der Waals surface area contributed by atoms with E-state index in [-0.39, 0.29) is 39.6 Å². The van der Waals surface area contributed by atoms with Gasteiger partial charge in [0, 0.05) is 11.0 Å². The number of rotatable bonds is 3. The molecule has 0 amide bonds. The number of ether oxygens (including phenoxy) is 1. The van der Waals surface area contributed by atoms with Crippen LogP contribution in [0.25, 0.3) is 0 Å². The van der Waals surface area contributed by atoms with E-state index in [0.717, 1.165) is 12.1 Å². The maximum atomic E-state index is 11.8. The maximum Gasteiger partial charge on any atom is 1.00 e. The van der Waals surface area contributed by atoms with Gasteiger partial charge in [-0.15, -0.1) is 0 Å². The molecule has 0 radical (unpaired) electrons. The second-order valence-corrected chi connectivity index (χ2v) is 4.05. The Morgan fingerprint density at radius 1 is 1.31 bits per heavy atom. The van der Waals surface area contributed by atoms with Crippen molar-refractivity contribution in [2.24, 2.45) is 0 Å². The van der Waals surface area contributed by atoms with E-state index in [2.05, 4.69) is 4.74 Å². The van der Waals surface area contributed by atoms with E-state index in [9.17, 15) is 17.5 Å². The van der Waals surface area contributed by atoms with Crippen LogP contribution in [0.4, 0.5) is 8.78 Å². The molecule has 0 aliphatic heterocycles. The third kappa shape index (κ3) is 4.21.